The standard InChI is InChI=1S/C31H37ClN6O2S/c1-5-38-21(3)20(2)35-31(38)41-29-10-9-23(15-25(29)32)36-30-22(18-33)19-34-26-17-28(27(39-4)16-24(26)30)40-14-8-13-37-11-6-7-12-37/h9-10,15-17,19,31,35H,5-8,11-14H2,1-4H3,(H,34,36). The van der Waals surface area contributed by atoms with Gasteiger partial charge in [-0.1, -0.05) is 23.4 Å². The summed E-state index contributed by atoms with van der Waals surface area (Å²) in [6.07, 6.45) is 5.11. The maximum absolute atomic E-state index is 9.88. The molecule has 2 aliphatic heterocycles. The molecule has 0 amide bonds. The second kappa shape index (κ2) is 13.1. The Balaban J connectivity index is 1.34. The van der Waals surface area contributed by atoms with Crippen LogP contribution in [0, 0.1) is 11.3 Å². The molecule has 8 nitrogen and oxygen atoms in total. The molecule has 0 spiro atoms. The number of likely N-dealkylation sites (tertiary alicyclic amines) is 1. The number of allylic oxidation sites excluding steroid dienone is 2. The van der Waals surface area contributed by atoms with Crippen LogP contribution in [0.4, 0.5) is 11.4 Å². The van der Waals surface area contributed by atoms with Crippen molar-refractivity contribution in [1.82, 2.24) is 20.1 Å². The van der Waals surface area contributed by atoms with Gasteiger partial charge in [-0.3, -0.25) is 4.98 Å². The van der Waals surface area contributed by atoms with Crippen molar-refractivity contribution in [2.75, 3.05) is 45.2 Å². The van der Waals surface area contributed by atoms with Gasteiger partial charge >= 0.3 is 0 Å². The number of methoxy groups -OCH3 is 1. The summed E-state index contributed by atoms with van der Waals surface area (Å²) in [5, 5.41) is 18.3. The van der Waals surface area contributed by atoms with Gasteiger partial charge in [0, 0.05) is 52.7 Å². The number of nitrogens with one attached hydrogen (secondary N) is 2. The molecular weight excluding hydrogens is 556 g/mol. The topological polar surface area (TPSA) is 85.7 Å². The summed E-state index contributed by atoms with van der Waals surface area (Å²) in [4.78, 5) is 10.3. The van der Waals surface area contributed by atoms with Gasteiger partial charge in [0.05, 0.1) is 35.5 Å². The highest BCUT2D eigenvalue weighted by molar-refractivity contribution is 8.00. The van der Waals surface area contributed by atoms with E-state index in [1.807, 2.05) is 30.3 Å². The number of aromatic nitrogens is 1. The molecule has 0 radical (unpaired) electrons. The lowest BCUT2D eigenvalue weighted by atomic mass is 10.1. The SMILES string of the molecule is CCN1C(C)=C(C)NC1Sc1ccc(Nc2c(C#N)cnc3cc(OCCCN4CCCC4)c(OC)cc23)cc1Cl. The third-order valence-corrected chi connectivity index (χ3v) is 9.36. The summed E-state index contributed by atoms with van der Waals surface area (Å²) in [6, 6.07) is 11.9. The van der Waals surface area contributed by atoms with Gasteiger partial charge in [0.2, 0.25) is 0 Å². The summed E-state index contributed by atoms with van der Waals surface area (Å²) in [5.41, 5.74) is 5.09. The smallest absolute Gasteiger partial charge is 0.163 e. The van der Waals surface area contributed by atoms with E-state index < -0.39 is 0 Å². The van der Waals surface area contributed by atoms with Gasteiger partial charge < -0.3 is 29.9 Å². The average molecular weight is 593 g/mol. The highest BCUT2D eigenvalue weighted by Crippen LogP contribution is 2.40. The normalized spacial score (nSPS) is 17.2. The van der Waals surface area contributed by atoms with Crippen molar-refractivity contribution in [1.29, 1.82) is 5.26 Å². The van der Waals surface area contributed by atoms with Gasteiger partial charge in [-0.05, 0) is 77.4 Å². The number of nitrogens with zero attached hydrogens (tertiary/aromatic N) is 4. The van der Waals surface area contributed by atoms with E-state index in [0.29, 0.717) is 39.9 Å². The molecule has 5 rings (SSSR count). The summed E-state index contributed by atoms with van der Waals surface area (Å²) >= 11 is 8.45. The van der Waals surface area contributed by atoms with Crippen molar-refractivity contribution in [2.24, 2.45) is 0 Å². The van der Waals surface area contributed by atoms with Crippen LogP contribution in [0.3, 0.4) is 0 Å². The van der Waals surface area contributed by atoms with Gasteiger partial charge in [0.15, 0.2) is 17.0 Å². The highest BCUT2D eigenvalue weighted by atomic mass is 35.5. The molecule has 3 heterocycles. The maximum atomic E-state index is 9.88. The molecule has 0 aliphatic carbocycles. The van der Waals surface area contributed by atoms with E-state index in [9.17, 15) is 5.26 Å². The van der Waals surface area contributed by atoms with Gasteiger partial charge in [0.25, 0.3) is 0 Å². The quantitative estimate of drug-likeness (QED) is 0.230. The largest absolute Gasteiger partial charge is 0.493 e. The minimum Gasteiger partial charge on any atom is -0.493 e. The van der Waals surface area contributed by atoms with E-state index in [4.69, 9.17) is 21.1 Å². The molecule has 1 fully saturated rings. The van der Waals surface area contributed by atoms with Crippen molar-refractivity contribution < 1.29 is 9.47 Å². The van der Waals surface area contributed by atoms with Crippen LogP contribution < -0.4 is 20.1 Å². The molecule has 3 aromatic rings. The number of halogens is 1. The minimum absolute atomic E-state index is 0.0924. The van der Waals surface area contributed by atoms with E-state index in [2.05, 4.69) is 52.3 Å². The number of thioether (sulfide) groups is 1. The molecule has 41 heavy (non-hydrogen) atoms. The number of benzene rings is 2. The fourth-order valence-electron chi connectivity index (χ4n) is 5.36. The summed E-state index contributed by atoms with van der Waals surface area (Å²) in [7, 11) is 1.63. The van der Waals surface area contributed by atoms with Gasteiger partial charge in [-0.15, -0.1) is 0 Å². The number of rotatable bonds is 11. The lowest BCUT2D eigenvalue weighted by Gasteiger charge is -2.26. The monoisotopic (exact) mass is 592 g/mol. The Bertz CT molecular complexity index is 1480. The van der Waals surface area contributed by atoms with Gasteiger partial charge in [0.1, 0.15) is 6.07 Å². The van der Waals surface area contributed by atoms with Crippen LogP contribution in [-0.4, -0.2) is 60.2 Å². The molecule has 10 heteroatoms. The molecule has 2 aromatic carbocycles. The van der Waals surface area contributed by atoms with Crippen molar-refractivity contribution >= 4 is 45.6 Å². The predicted octanol–water partition coefficient (Wildman–Crippen LogP) is 6.93. The van der Waals surface area contributed by atoms with Crippen LogP contribution in [0.1, 0.15) is 45.6 Å². The lowest BCUT2D eigenvalue weighted by molar-refractivity contribution is 0.254. The molecule has 1 atom stereocenters. The van der Waals surface area contributed by atoms with Crippen molar-refractivity contribution in [3.05, 3.63) is 58.5 Å². The van der Waals surface area contributed by atoms with Crippen LogP contribution >= 0.6 is 23.4 Å². The second-order valence-corrected chi connectivity index (χ2v) is 11.8. The molecule has 1 unspecified atom stereocenters. The number of hydrogen-bond acceptors (Lipinski definition) is 9. The molecule has 1 aromatic heterocycles. The first kappa shape index (κ1) is 29.2. The number of fused-ring (bicyclic) bond motifs is 1. The number of pyridine rings is 1. The van der Waals surface area contributed by atoms with Crippen LogP contribution in [0.5, 0.6) is 11.5 Å². The zero-order valence-corrected chi connectivity index (χ0v) is 25.7. The number of hydrogen-bond donors (Lipinski definition) is 2. The maximum Gasteiger partial charge on any atom is 0.163 e. The van der Waals surface area contributed by atoms with Crippen LogP contribution in [0.25, 0.3) is 10.9 Å². The Kier molecular flexibility index (Phi) is 9.33. The Morgan fingerprint density at radius 1 is 1.20 bits per heavy atom. The predicted molar refractivity (Wildman–Crippen MR) is 167 cm³/mol. The van der Waals surface area contributed by atoms with Crippen LogP contribution in [-0.2, 0) is 0 Å². The molecule has 216 valence electrons. The first-order chi connectivity index (χ1) is 19.9. The van der Waals surface area contributed by atoms with Gasteiger partial charge in [-0.2, -0.15) is 5.26 Å². The fraction of sp³-hybridized carbons (Fsp3) is 0.419. The number of ether oxygens (including phenoxy) is 2. The summed E-state index contributed by atoms with van der Waals surface area (Å²) in [6.45, 7) is 11.3. The first-order valence-corrected chi connectivity index (χ1v) is 15.4. The molecule has 1 saturated heterocycles. The summed E-state index contributed by atoms with van der Waals surface area (Å²) < 4.78 is 11.8. The van der Waals surface area contributed by atoms with Crippen molar-refractivity contribution in [3.63, 3.8) is 0 Å². The molecule has 2 aliphatic rings. The van der Waals surface area contributed by atoms with E-state index >= 15 is 0 Å². The Morgan fingerprint density at radius 3 is 2.71 bits per heavy atom. The number of anilines is 2. The van der Waals surface area contributed by atoms with Crippen LogP contribution in [0.2, 0.25) is 5.02 Å². The molecule has 0 bridgehead atoms. The molecular formula is C31H37ClN6O2S. The van der Waals surface area contributed by atoms with Gasteiger partial charge in [-0.25, -0.2) is 0 Å². The Labute approximate surface area is 251 Å². The lowest BCUT2D eigenvalue weighted by Crippen LogP contribution is -2.33. The highest BCUT2D eigenvalue weighted by Gasteiger charge is 2.27. The third-order valence-electron chi connectivity index (χ3n) is 7.73. The third kappa shape index (κ3) is 6.45. The van der Waals surface area contributed by atoms with E-state index in [-0.39, 0.29) is 5.50 Å². The van der Waals surface area contributed by atoms with E-state index in [0.717, 1.165) is 35.5 Å². The molecule has 2 N–H and O–H groups in total. The zero-order valence-electron chi connectivity index (χ0n) is 24.1. The number of nitriles is 1. The average Bonchev–Trinajstić information content (AvgIpc) is 3.59. The minimum atomic E-state index is 0.0924. The van der Waals surface area contributed by atoms with E-state index in [1.54, 1.807) is 25.1 Å². The van der Waals surface area contributed by atoms with E-state index in [1.165, 1.54) is 37.3 Å². The second-order valence-electron chi connectivity index (χ2n) is 10.3. The first-order valence-electron chi connectivity index (χ1n) is 14.1. The molecule has 0 saturated carbocycles. The Morgan fingerprint density at radius 2 is 2.00 bits per heavy atom. The summed E-state index contributed by atoms with van der Waals surface area (Å²) in [5.74, 6) is 1.25. The van der Waals surface area contributed by atoms with Crippen molar-refractivity contribution in [2.45, 2.75) is 50.4 Å². The Hall–Kier alpha value is -3.32. The van der Waals surface area contributed by atoms with Crippen molar-refractivity contribution in [3.8, 4) is 17.6 Å². The fourth-order valence-corrected chi connectivity index (χ4v) is 6.90. The zero-order chi connectivity index (χ0) is 28.9. The van der Waals surface area contributed by atoms with Crippen LogP contribution in [0.15, 0.2) is 52.8 Å².